The van der Waals surface area contributed by atoms with Gasteiger partial charge in [-0.15, -0.1) is 0 Å². The van der Waals surface area contributed by atoms with Crippen LogP contribution < -0.4 is 4.90 Å². The number of H-pyrrole nitrogens is 1. The van der Waals surface area contributed by atoms with Crippen molar-refractivity contribution in [3.05, 3.63) is 65.4 Å². The molecule has 0 bridgehead atoms. The highest BCUT2D eigenvalue weighted by Gasteiger charge is 2.61. The van der Waals surface area contributed by atoms with Gasteiger partial charge < -0.3 is 14.8 Å². The molecule has 0 saturated heterocycles. The predicted molar refractivity (Wildman–Crippen MR) is 137 cm³/mol. The summed E-state index contributed by atoms with van der Waals surface area (Å²) in [6, 6.07) is 16.3. The Hall–Kier alpha value is -3.08. The summed E-state index contributed by atoms with van der Waals surface area (Å²) in [5.41, 5.74) is 3.76. The number of aromatic nitrogens is 1. The van der Waals surface area contributed by atoms with E-state index in [1.807, 2.05) is 40.1 Å². The molecule has 3 aromatic rings. The molecule has 2 aliphatic heterocycles. The molecule has 5 heteroatoms. The van der Waals surface area contributed by atoms with Gasteiger partial charge in [0.1, 0.15) is 0 Å². The van der Waals surface area contributed by atoms with E-state index >= 15 is 0 Å². The zero-order valence-corrected chi connectivity index (χ0v) is 20.7. The molecule has 0 saturated carbocycles. The molecule has 0 aliphatic carbocycles. The topological polar surface area (TPSA) is 56.4 Å². The van der Waals surface area contributed by atoms with Gasteiger partial charge in [-0.25, -0.2) is 0 Å². The fourth-order valence-electron chi connectivity index (χ4n) is 6.09. The Morgan fingerprint density at radius 1 is 1.12 bits per heavy atom. The summed E-state index contributed by atoms with van der Waals surface area (Å²) in [6.45, 7) is 9.07. The van der Waals surface area contributed by atoms with Crippen molar-refractivity contribution in [3.63, 3.8) is 0 Å². The molecule has 0 radical (unpaired) electrons. The highest BCUT2D eigenvalue weighted by molar-refractivity contribution is 6.12. The van der Waals surface area contributed by atoms with Gasteiger partial charge in [-0.2, -0.15) is 0 Å². The minimum absolute atomic E-state index is 0.00117. The molecular weight excluding hydrogens is 422 g/mol. The number of carbonyl (C=O) groups is 2. The van der Waals surface area contributed by atoms with E-state index < -0.39 is 5.54 Å². The Morgan fingerprint density at radius 3 is 2.62 bits per heavy atom. The van der Waals surface area contributed by atoms with E-state index in [1.54, 1.807) is 0 Å². The van der Waals surface area contributed by atoms with Crippen LogP contribution in [0.4, 0.5) is 5.69 Å². The number of fused-ring (bicyclic) bond motifs is 6. The van der Waals surface area contributed by atoms with Crippen LogP contribution >= 0.6 is 0 Å². The first-order valence-corrected chi connectivity index (χ1v) is 12.7. The van der Waals surface area contributed by atoms with Crippen molar-refractivity contribution in [3.8, 4) is 0 Å². The van der Waals surface area contributed by atoms with Crippen molar-refractivity contribution < 1.29 is 9.59 Å². The van der Waals surface area contributed by atoms with Crippen LogP contribution in [0.25, 0.3) is 10.9 Å². The third kappa shape index (κ3) is 3.20. The molecule has 2 aromatic carbocycles. The highest BCUT2D eigenvalue weighted by Crippen LogP contribution is 2.53. The minimum atomic E-state index is -1.15. The quantitative estimate of drug-likeness (QED) is 0.478. The molecule has 0 fully saturated rings. The summed E-state index contributed by atoms with van der Waals surface area (Å²) in [7, 11) is 0. The molecule has 3 heterocycles. The molecular formula is C29H35N3O2. The minimum Gasteiger partial charge on any atom is -0.355 e. The average molecular weight is 458 g/mol. The van der Waals surface area contributed by atoms with Crippen LogP contribution in [0.15, 0.2) is 48.5 Å². The van der Waals surface area contributed by atoms with E-state index in [4.69, 9.17) is 0 Å². The maximum Gasteiger partial charge on any atom is 0.264 e. The molecule has 2 atom stereocenters. The third-order valence-electron chi connectivity index (χ3n) is 7.45. The van der Waals surface area contributed by atoms with Crippen molar-refractivity contribution in [1.29, 1.82) is 0 Å². The van der Waals surface area contributed by atoms with Gasteiger partial charge in [0.05, 0.1) is 11.4 Å². The zero-order chi connectivity index (χ0) is 24.0. The number of aromatic amines is 1. The van der Waals surface area contributed by atoms with E-state index in [-0.39, 0.29) is 23.8 Å². The molecule has 1 aromatic heterocycles. The Labute approximate surface area is 202 Å². The number of nitrogens with one attached hydrogen (secondary N) is 1. The molecule has 1 N–H and O–H groups in total. The van der Waals surface area contributed by atoms with Crippen LogP contribution in [0.2, 0.25) is 0 Å². The number of carbonyl (C=O) groups excluding carboxylic acids is 2. The van der Waals surface area contributed by atoms with Gasteiger partial charge in [0.15, 0.2) is 5.54 Å². The molecule has 5 nitrogen and oxygen atoms in total. The van der Waals surface area contributed by atoms with E-state index in [0.29, 0.717) is 13.0 Å². The number of unbranched alkanes of at least 4 members (excludes halogenated alkanes) is 2. The van der Waals surface area contributed by atoms with E-state index in [9.17, 15) is 9.59 Å². The first kappa shape index (κ1) is 22.7. The van der Waals surface area contributed by atoms with Gasteiger partial charge in [-0.1, -0.05) is 70.0 Å². The van der Waals surface area contributed by atoms with Gasteiger partial charge >= 0.3 is 0 Å². The molecule has 2 amide bonds. The number of para-hydroxylation sites is 2. The lowest BCUT2D eigenvalue weighted by Crippen LogP contribution is -2.62. The number of benzene rings is 2. The number of hydrogen-bond acceptors (Lipinski definition) is 2. The van der Waals surface area contributed by atoms with E-state index in [1.165, 1.54) is 0 Å². The monoisotopic (exact) mass is 457 g/mol. The fourth-order valence-corrected chi connectivity index (χ4v) is 6.09. The van der Waals surface area contributed by atoms with Crippen molar-refractivity contribution in [2.45, 2.75) is 71.4 Å². The zero-order valence-electron chi connectivity index (χ0n) is 20.7. The van der Waals surface area contributed by atoms with Crippen LogP contribution in [-0.4, -0.2) is 34.3 Å². The Kier molecular flexibility index (Phi) is 5.75. The fraction of sp³-hybridized carbons (Fsp3) is 0.448. The summed E-state index contributed by atoms with van der Waals surface area (Å²) >= 11 is 0. The van der Waals surface area contributed by atoms with Gasteiger partial charge in [0, 0.05) is 35.5 Å². The van der Waals surface area contributed by atoms with Crippen molar-refractivity contribution in [2.24, 2.45) is 5.92 Å². The number of amides is 2. The summed E-state index contributed by atoms with van der Waals surface area (Å²) < 4.78 is 0. The standard InChI is InChI=1S/C29H35N3O2/c1-5-6-11-16-31-25-15-10-8-13-23(25)29(28(31)34)27-22(21-12-7-9-14-24(21)30-27)18-20(4)32(29)26(33)17-19(2)3/h7-10,12-15,19-20,30H,5-6,11,16-18H2,1-4H3/t20-,29-/m0/s1. The molecule has 2 aliphatic rings. The Bertz CT molecular complexity index is 1240. The van der Waals surface area contributed by atoms with E-state index in [0.717, 1.165) is 59.1 Å². The molecule has 0 unspecified atom stereocenters. The van der Waals surface area contributed by atoms with Crippen LogP contribution in [0, 0.1) is 5.92 Å². The normalized spacial score (nSPS) is 21.6. The molecule has 5 rings (SSSR count). The maximum atomic E-state index is 14.6. The van der Waals surface area contributed by atoms with Gasteiger partial charge in [-0.3, -0.25) is 9.59 Å². The van der Waals surface area contributed by atoms with Gasteiger partial charge in [-0.05, 0) is 43.4 Å². The maximum absolute atomic E-state index is 14.6. The number of nitrogens with zero attached hydrogens (tertiary/aromatic N) is 2. The van der Waals surface area contributed by atoms with Crippen molar-refractivity contribution in [1.82, 2.24) is 9.88 Å². The summed E-state index contributed by atoms with van der Waals surface area (Å²) in [6.07, 6.45) is 4.27. The highest BCUT2D eigenvalue weighted by atomic mass is 16.2. The molecule has 178 valence electrons. The smallest absolute Gasteiger partial charge is 0.264 e. The number of rotatable bonds is 6. The van der Waals surface area contributed by atoms with Crippen LogP contribution in [0.3, 0.4) is 0 Å². The predicted octanol–water partition coefficient (Wildman–Crippen LogP) is 5.77. The lowest BCUT2D eigenvalue weighted by molar-refractivity contribution is -0.148. The SMILES string of the molecule is CCCCCN1C(=O)[C@]2(c3ccccc31)c1[nH]c3ccccc3c1C[C@H](C)N2C(=O)CC(C)C. The van der Waals surface area contributed by atoms with E-state index in [2.05, 4.69) is 50.9 Å². The van der Waals surface area contributed by atoms with Gasteiger partial charge in [0.2, 0.25) is 5.91 Å². The first-order chi connectivity index (χ1) is 16.4. The van der Waals surface area contributed by atoms with Gasteiger partial charge in [0.25, 0.3) is 5.91 Å². The first-order valence-electron chi connectivity index (χ1n) is 12.7. The summed E-state index contributed by atoms with van der Waals surface area (Å²) in [5, 5.41) is 1.15. The molecule has 34 heavy (non-hydrogen) atoms. The summed E-state index contributed by atoms with van der Waals surface area (Å²) in [5.74, 6) is 0.264. The van der Waals surface area contributed by atoms with Crippen molar-refractivity contribution in [2.75, 3.05) is 11.4 Å². The van der Waals surface area contributed by atoms with Crippen molar-refractivity contribution >= 4 is 28.4 Å². The Balaban J connectivity index is 1.79. The largest absolute Gasteiger partial charge is 0.355 e. The van der Waals surface area contributed by atoms with Crippen LogP contribution in [0.5, 0.6) is 0 Å². The average Bonchev–Trinajstić information content (AvgIpc) is 3.29. The van der Waals surface area contributed by atoms with Crippen LogP contribution in [0.1, 0.15) is 70.2 Å². The molecule has 1 spiro atoms. The number of hydrogen-bond donors (Lipinski definition) is 1. The second-order valence-electron chi connectivity index (χ2n) is 10.3. The third-order valence-corrected chi connectivity index (χ3v) is 7.45. The van der Waals surface area contributed by atoms with Crippen LogP contribution in [-0.2, 0) is 21.5 Å². The second kappa shape index (κ2) is 8.61. The lowest BCUT2D eigenvalue weighted by atomic mass is 9.77. The Morgan fingerprint density at radius 2 is 1.85 bits per heavy atom. The second-order valence-corrected chi connectivity index (χ2v) is 10.3. The number of anilines is 1. The lowest BCUT2D eigenvalue weighted by Gasteiger charge is -2.47. The summed E-state index contributed by atoms with van der Waals surface area (Å²) in [4.78, 5) is 36.0.